The second-order valence-corrected chi connectivity index (χ2v) is 5.95. The van der Waals surface area contributed by atoms with Crippen LogP contribution in [0.2, 0.25) is 0 Å². The molecular formula is C17H23N3O. The topological polar surface area (TPSA) is 63.9 Å². The van der Waals surface area contributed by atoms with Crippen molar-refractivity contribution in [3.8, 4) is 11.1 Å². The van der Waals surface area contributed by atoms with Crippen molar-refractivity contribution in [2.24, 2.45) is 5.92 Å². The van der Waals surface area contributed by atoms with Crippen LogP contribution in [-0.2, 0) is 11.2 Å². The van der Waals surface area contributed by atoms with Crippen LogP contribution in [0.3, 0.4) is 0 Å². The van der Waals surface area contributed by atoms with Gasteiger partial charge in [0.1, 0.15) is 0 Å². The second kappa shape index (κ2) is 5.90. The minimum atomic E-state index is 0.447. The minimum Gasteiger partial charge on any atom is -0.382 e. The van der Waals surface area contributed by atoms with E-state index in [2.05, 4.69) is 48.3 Å². The fourth-order valence-electron chi connectivity index (χ4n) is 3.17. The summed E-state index contributed by atoms with van der Waals surface area (Å²) in [5.41, 5.74) is 10.7. The van der Waals surface area contributed by atoms with Gasteiger partial charge in [-0.25, -0.2) is 0 Å². The van der Waals surface area contributed by atoms with Gasteiger partial charge in [0.25, 0.3) is 0 Å². The molecule has 3 rings (SSSR count). The second-order valence-electron chi connectivity index (χ2n) is 5.95. The van der Waals surface area contributed by atoms with Crippen LogP contribution < -0.4 is 5.73 Å². The summed E-state index contributed by atoms with van der Waals surface area (Å²) in [7, 11) is 0. The Hall–Kier alpha value is -1.81. The summed E-state index contributed by atoms with van der Waals surface area (Å²) >= 11 is 0. The summed E-state index contributed by atoms with van der Waals surface area (Å²) in [6, 6.07) is 8.42. The molecule has 0 unspecified atom stereocenters. The van der Waals surface area contributed by atoms with Gasteiger partial charge in [0.15, 0.2) is 5.82 Å². The van der Waals surface area contributed by atoms with Crippen LogP contribution in [0.25, 0.3) is 11.1 Å². The lowest BCUT2D eigenvalue weighted by Gasteiger charge is -2.34. The zero-order valence-corrected chi connectivity index (χ0v) is 12.7. The van der Waals surface area contributed by atoms with Gasteiger partial charge in [-0.15, -0.1) is 0 Å². The monoisotopic (exact) mass is 285 g/mol. The molecule has 2 aromatic rings. The molecule has 0 saturated heterocycles. The average molecular weight is 285 g/mol. The zero-order valence-electron chi connectivity index (χ0n) is 12.7. The van der Waals surface area contributed by atoms with E-state index >= 15 is 0 Å². The van der Waals surface area contributed by atoms with Gasteiger partial charge >= 0.3 is 0 Å². The van der Waals surface area contributed by atoms with Crippen molar-refractivity contribution in [2.75, 3.05) is 12.3 Å². The van der Waals surface area contributed by atoms with Crippen LogP contribution >= 0.6 is 0 Å². The number of H-pyrrole nitrogens is 1. The molecule has 0 radical (unpaired) electrons. The lowest BCUT2D eigenvalue weighted by Crippen LogP contribution is -2.32. The molecule has 1 aliphatic rings. The molecule has 1 aliphatic carbocycles. The number of anilines is 1. The summed E-state index contributed by atoms with van der Waals surface area (Å²) in [5.74, 6) is 1.27. The summed E-state index contributed by atoms with van der Waals surface area (Å²) in [6.07, 6.45) is 3.72. The molecule has 21 heavy (non-hydrogen) atoms. The molecule has 1 aromatic heterocycles. The van der Waals surface area contributed by atoms with E-state index in [1.54, 1.807) is 0 Å². The Morgan fingerprint density at radius 3 is 2.90 bits per heavy atom. The van der Waals surface area contributed by atoms with Gasteiger partial charge in [0.2, 0.25) is 0 Å². The molecule has 0 atom stereocenters. The smallest absolute Gasteiger partial charge is 0.153 e. The minimum absolute atomic E-state index is 0.447. The maximum Gasteiger partial charge on any atom is 0.153 e. The molecule has 1 heterocycles. The van der Waals surface area contributed by atoms with Gasteiger partial charge in [-0.1, -0.05) is 29.8 Å². The Kier molecular flexibility index (Phi) is 3.97. The van der Waals surface area contributed by atoms with E-state index in [1.807, 2.05) is 0 Å². The van der Waals surface area contributed by atoms with E-state index in [-0.39, 0.29) is 0 Å². The third-order valence-corrected chi connectivity index (χ3v) is 4.26. The van der Waals surface area contributed by atoms with Crippen LogP contribution in [0, 0.1) is 12.8 Å². The molecule has 3 N–H and O–H groups in total. The molecule has 1 saturated carbocycles. The quantitative estimate of drug-likeness (QED) is 0.885. The normalized spacial score (nSPS) is 21.2. The van der Waals surface area contributed by atoms with Gasteiger partial charge in [-0.05, 0) is 44.6 Å². The first-order chi connectivity index (χ1) is 10.2. The van der Waals surface area contributed by atoms with E-state index in [0.29, 0.717) is 17.8 Å². The highest BCUT2D eigenvalue weighted by Crippen LogP contribution is 2.36. The number of nitrogens with two attached hydrogens (primary N) is 1. The molecule has 1 fully saturated rings. The summed E-state index contributed by atoms with van der Waals surface area (Å²) in [6.45, 7) is 4.96. The van der Waals surface area contributed by atoms with Crippen LogP contribution in [0.1, 0.15) is 31.0 Å². The molecular weight excluding hydrogens is 262 g/mol. The third-order valence-electron chi connectivity index (χ3n) is 4.26. The van der Waals surface area contributed by atoms with E-state index in [1.165, 1.54) is 5.56 Å². The van der Waals surface area contributed by atoms with Crippen LogP contribution in [0.5, 0.6) is 0 Å². The van der Waals surface area contributed by atoms with E-state index < -0.39 is 0 Å². The Bertz CT molecular complexity index is 614. The number of hydrogen-bond acceptors (Lipinski definition) is 3. The molecule has 0 amide bonds. The van der Waals surface area contributed by atoms with Crippen molar-refractivity contribution in [3.63, 3.8) is 0 Å². The number of nitrogens with one attached hydrogen (secondary N) is 1. The molecule has 112 valence electrons. The highest BCUT2D eigenvalue weighted by Gasteiger charge is 2.31. The molecule has 0 spiro atoms. The lowest BCUT2D eigenvalue weighted by atomic mass is 9.78. The van der Waals surface area contributed by atoms with Crippen molar-refractivity contribution in [1.82, 2.24) is 10.2 Å². The van der Waals surface area contributed by atoms with Gasteiger partial charge in [-0.2, -0.15) is 5.10 Å². The fraction of sp³-hybridized carbons (Fsp3) is 0.471. The van der Waals surface area contributed by atoms with Crippen LogP contribution in [0.15, 0.2) is 24.3 Å². The van der Waals surface area contributed by atoms with Crippen molar-refractivity contribution < 1.29 is 4.74 Å². The Labute approximate surface area is 125 Å². The first-order valence-electron chi connectivity index (χ1n) is 7.68. The Balaban J connectivity index is 1.76. The number of ether oxygens (including phenoxy) is 1. The summed E-state index contributed by atoms with van der Waals surface area (Å²) in [5, 5.41) is 7.33. The number of hydrogen-bond donors (Lipinski definition) is 2. The number of aromatic amines is 1. The molecule has 4 heteroatoms. The van der Waals surface area contributed by atoms with Gasteiger partial charge < -0.3 is 10.5 Å². The van der Waals surface area contributed by atoms with Gasteiger partial charge in [0, 0.05) is 17.9 Å². The van der Waals surface area contributed by atoms with E-state index in [9.17, 15) is 0 Å². The van der Waals surface area contributed by atoms with E-state index in [4.69, 9.17) is 10.5 Å². The standard InChI is InChI=1S/C17H23N3O/c1-3-21-14-8-12(9-14)10-15-16(17(18)20-19-15)13-6-4-5-11(2)7-13/h4-7,12,14H,3,8-10H2,1-2H3,(H3,18,19,20). The summed E-state index contributed by atoms with van der Waals surface area (Å²) in [4.78, 5) is 0. The lowest BCUT2D eigenvalue weighted by molar-refractivity contribution is -0.0242. The zero-order chi connectivity index (χ0) is 14.8. The number of benzene rings is 1. The van der Waals surface area contributed by atoms with Crippen molar-refractivity contribution in [3.05, 3.63) is 35.5 Å². The molecule has 4 nitrogen and oxygen atoms in total. The van der Waals surface area contributed by atoms with Crippen molar-refractivity contribution in [2.45, 2.75) is 39.2 Å². The Morgan fingerprint density at radius 1 is 1.38 bits per heavy atom. The third kappa shape index (κ3) is 2.95. The first-order valence-corrected chi connectivity index (χ1v) is 7.68. The average Bonchev–Trinajstić information content (AvgIpc) is 2.77. The molecule has 1 aromatic carbocycles. The van der Waals surface area contributed by atoms with Gasteiger partial charge in [0.05, 0.1) is 6.10 Å². The molecule has 0 aliphatic heterocycles. The first kappa shape index (κ1) is 14.1. The predicted octanol–water partition coefficient (Wildman–Crippen LogP) is 3.32. The number of aromatic nitrogens is 2. The van der Waals surface area contributed by atoms with E-state index in [0.717, 1.165) is 42.7 Å². The van der Waals surface area contributed by atoms with Gasteiger partial charge in [-0.3, -0.25) is 5.10 Å². The fourth-order valence-corrected chi connectivity index (χ4v) is 3.17. The highest BCUT2D eigenvalue weighted by atomic mass is 16.5. The summed E-state index contributed by atoms with van der Waals surface area (Å²) < 4.78 is 5.63. The predicted molar refractivity (Wildman–Crippen MR) is 85.0 cm³/mol. The SMILES string of the molecule is CCOC1CC(Cc2[nH]nc(N)c2-c2cccc(C)c2)C1. The maximum absolute atomic E-state index is 6.07. The van der Waals surface area contributed by atoms with Crippen LogP contribution in [-0.4, -0.2) is 22.9 Å². The largest absolute Gasteiger partial charge is 0.382 e. The maximum atomic E-state index is 6.07. The number of nitrogens with zero attached hydrogens (tertiary/aromatic N) is 1. The Morgan fingerprint density at radius 2 is 2.19 bits per heavy atom. The number of rotatable bonds is 5. The van der Waals surface area contributed by atoms with Crippen molar-refractivity contribution in [1.29, 1.82) is 0 Å². The van der Waals surface area contributed by atoms with Crippen LogP contribution in [0.4, 0.5) is 5.82 Å². The highest BCUT2D eigenvalue weighted by molar-refractivity contribution is 5.76. The molecule has 0 bridgehead atoms. The number of nitrogen functional groups attached to an aromatic ring is 1. The number of aryl methyl sites for hydroxylation is 1. The van der Waals surface area contributed by atoms with Crippen molar-refractivity contribution >= 4 is 5.82 Å².